The first kappa shape index (κ1) is 8.07. The Morgan fingerprint density at radius 3 is 2.20 bits per heavy atom. The van der Waals surface area contributed by atoms with E-state index in [1.165, 1.54) is 0 Å². The summed E-state index contributed by atoms with van der Waals surface area (Å²) in [7, 11) is -2.80. The van der Waals surface area contributed by atoms with Crippen molar-refractivity contribution in [1.29, 1.82) is 0 Å². The fourth-order valence-corrected chi connectivity index (χ4v) is 2.47. The molecule has 0 bridgehead atoms. The molecule has 0 radical (unpaired) electrons. The van der Waals surface area contributed by atoms with Gasteiger partial charge in [-0.05, 0) is 19.4 Å². The highest BCUT2D eigenvalue weighted by molar-refractivity contribution is 8.20. The van der Waals surface area contributed by atoms with E-state index in [1.807, 2.05) is 0 Å². The summed E-state index contributed by atoms with van der Waals surface area (Å²) in [6.45, 7) is 7.23. The SMILES string of the molecule is C=C1CS(O)(O)OC1(C)C. The Balaban J connectivity index is 2.81. The van der Waals surface area contributed by atoms with Crippen LogP contribution in [0.1, 0.15) is 13.8 Å². The first-order chi connectivity index (χ1) is 4.33. The molecule has 0 aliphatic carbocycles. The maximum absolute atomic E-state index is 9.06. The smallest absolute Gasteiger partial charge is 0.102 e. The molecule has 0 aromatic rings. The van der Waals surface area contributed by atoms with Crippen LogP contribution in [0.3, 0.4) is 0 Å². The van der Waals surface area contributed by atoms with Gasteiger partial charge < -0.3 is 9.11 Å². The van der Waals surface area contributed by atoms with E-state index < -0.39 is 16.5 Å². The van der Waals surface area contributed by atoms with Crippen LogP contribution in [0.25, 0.3) is 0 Å². The summed E-state index contributed by atoms with van der Waals surface area (Å²) in [6.07, 6.45) is 0. The standard InChI is InChI=1S/C6H12O3S/c1-5-4-10(7,8)9-6(5,2)3/h7-8H,1,4H2,2-3H3. The van der Waals surface area contributed by atoms with Crippen LogP contribution in [0.2, 0.25) is 0 Å². The number of hydrogen-bond donors (Lipinski definition) is 2. The molecule has 1 heterocycles. The molecule has 1 fully saturated rings. The number of rotatable bonds is 0. The molecule has 0 spiro atoms. The second-order valence-corrected chi connectivity index (χ2v) is 4.62. The normalized spacial score (nSPS) is 32.2. The van der Waals surface area contributed by atoms with Crippen LogP contribution in [0.15, 0.2) is 12.2 Å². The largest absolute Gasteiger partial charge is 0.308 e. The minimum absolute atomic E-state index is 0.181. The van der Waals surface area contributed by atoms with E-state index in [2.05, 4.69) is 6.58 Å². The zero-order valence-electron chi connectivity index (χ0n) is 6.13. The van der Waals surface area contributed by atoms with Crippen molar-refractivity contribution in [2.75, 3.05) is 5.75 Å². The highest BCUT2D eigenvalue weighted by atomic mass is 32.3. The summed E-state index contributed by atoms with van der Waals surface area (Å²) >= 11 is 0. The lowest BCUT2D eigenvalue weighted by atomic mass is 10.0. The second-order valence-electron chi connectivity index (χ2n) is 2.95. The Labute approximate surface area is 62.3 Å². The van der Waals surface area contributed by atoms with E-state index in [0.29, 0.717) is 0 Å². The van der Waals surface area contributed by atoms with Crippen molar-refractivity contribution in [2.45, 2.75) is 19.4 Å². The van der Waals surface area contributed by atoms with E-state index >= 15 is 0 Å². The zero-order valence-corrected chi connectivity index (χ0v) is 6.94. The Morgan fingerprint density at radius 2 is 2.10 bits per heavy atom. The minimum atomic E-state index is -2.80. The molecule has 0 amide bonds. The number of hydrogen-bond acceptors (Lipinski definition) is 3. The fourth-order valence-electron chi connectivity index (χ4n) is 0.823. The van der Waals surface area contributed by atoms with Crippen molar-refractivity contribution < 1.29 is 13.3 Å². The molecule has 1 aliphatic rings. The lowest BCUT2D eigenvalue weighted by molar-refractivity contribution is 0.155. The summed E-state index contributed by atoms with van der Waals surface area (Å²) in [6, 6.07) is 0. The average molecular weight is 164 g/mol. The van der Waals surface area contributed by atoms with Crippen LogP contribution < -0.4 is 0 Å². The molecule has 0 atom stereocenters. The summed E-state index contributed by atoms with van der Waals surface area (Å²) < 4.78 is 23.1. The van der Waals surface area contributed by atoms with Crippen LogP contribution >= 0.6 is 10.9 Å². The van der Waals surface area contributed by atoms with Gasteiger partial charge in [-0.25, -0.2) is 0 Å². The maximum atomic E-state index is 9.06. The van der Waals surface area contributed by atoms with E-state index in [1.54, 1.807) is 13.8 Å². The first-order valence-electron chi connectivity index (χ1n) is 2.98. The third kappa shape index (κ3) is 1.34. The lowest BCUT2D eigenvalue weighted by Gasteiger charge is -2.23. The van der Waals surface area contributed by atoms with Gasteiger partial charge in [0.25, 0.3) is 0 Å². The Hall–Kier alpha value is -0.0300. The molecule has 1 saturated heterocycles. The topological polar surface area (TPSA) is 49.7 Å². The Kier molecular flexibility index (Phi) is 1.60. The van der Waals surface area contributed by atoms with Crippen molar-refractivity contribution >= 4 is 10.9 Å². The van der Waals surface area contributed by atoms with Gasteiger partial charge in [0.15, 0.2) is 0 Å². The molecule has 1 aliphatic heterocycles. The van der Waals surface area contributed by atoms with Crippen LogP contribution in [0.5, 0.6) is 0 Å². The Morgan fingerprint density at radius 1 is 1.60 bits per heavy atom. The van der Waals surface area contributed by atoms with Crippen LogP contribution in [-0.2, 0) is 4.18 Å². The molecule has 60 valence electrons. The highest BCUT2D eigenvalue weighted by Gasteiger charge is 2.41. The van der Waals surface area contributed by atoms with Gasteiger partial charge >= 0.3 is 0 Å². The molecule has 4 heteroatoms. The van der Waals surface area contributed by atoms with Gasteiger partial charge in [0.05, 0.1) is 16.6 Å². The van der Waals surface area contributed by atoms with E-state index in [9.17, 15) is 0 Å². The third-order valence-corrected chi connectivity index (χ3v) is 2.96. The molecule has 0 unspecified atom stereocenters. The van der Waals surface area contributed by atoms with Crippen molar-refractivity contribution in [3.8, 4) is 0 Å². The van der Waals surface area contributed by atoms with E-state index in [4.69, 9.17) is 13.3 Å². The molecule has 1 rings (SSSR count). The van der Waals surface area contributed by atoms with Crippen LogP contribution in [-0.4, -0.2) is 20.5 Å². The molecule has 0 aromatic heterocycles. The maximum Gasteiger partial charge on any atom is 0.102 e. The molecular formula is C6H12O3S. The van der Waals surface area contributed by atoms with Gasteiger partial charge in [0, 0.05) is 0 Å². The highest BCUT2D eigenvalue weighted by Crippen LogP contribution is 2.54. The zero-order chi connectivity index (χ0) is 7.99. The molecule has 10 heavy (non-hydrogen) atoms. The summed E-state index contributed by atoms with van der Waals surface area (Å²) in [5.74, 6) is 0.181. The molecule has 0 saturated carbocycles. The van der Waals surface area contributed by atoms with E-state index in [-0.39, 0.29) is 5.75 Å². The summed E-state index contributed by atoms with van der Waals surface area (Å²) in [5, 5.41) is 0. The third-order valence-electron chi connectivity index (χ3n) is 1.56. The van der Waals surface area contributed by atoms with Gasteiger partial charge in [-0.3, -0.25) is 4.18 Å². The van der Waals surface area contributed by atoms with Crippen molar-refractivity contribution in [2.24, 2.45) is 0 Å². The van der Waals surface area contributed by atoms with E-state index in [0.717, 1.165) is 5.57 Å². The van der Waals surface area contributed by atoms with Gasteiger partial charge in [0.2, 0.25) is 0 Å². The van der Waals surface area contributed by atoms with Crippen molar-refractivity contribution in [1.82, 2.24) is 0 Å². The first-order valence-corrected chi connectivity index (χ1v) is 4.62. The fraction of sp³-hybridized carbons (Fsp3) is 0.667. The van der Waals surface area contributed by atoms with Crippen LogP contribution in [0.4, 0.5) is 0 Å². The monoisotopic (exact) mass is 164 g/mol. The summed E-state index contributed by atoms with van der Waals surface area (Å²) in [4.78, 5) is 0. The quantitative estimate of drug-likeness (QED) is 0.538. The van der Waals surface area contributed by atoms with Gasteiger partial charge in [0.1, 0.15) is 5.60 Å². The van der Waals surface area contributed by atoms with Crippen LogP contribution in [0, 0.1) is 0 Å². The molecule has 0 aromatic carbocycles. The van der Waals surface area contributed by atoms with Gasteiger partial charge in [-0.15, -0.1) is 0 Å². The van der Waals surface area contributed by atoms with Crippen molar-refractivity contribution in [3.05, 3.63) is 12.2 Å². The van der Waals surface area contributed by atoms with Crippen molar-refractivity contribution in [3.63, 3.8) is 0 Å². The predicted molar refractivity (Wildman–Crippen MR) is 42.0 cm³/mol. The van der Waals surface area contributed by atoms with Gasteiger partial charge in [-0.1, -0.05) is 6.58 Å². The molecular weight excluding hydrogens is 152 g/mol. The predicted octanol–water partition coefficient (Wildman–Crippen LogP) is 2.02. The Bertz CT molecular complexity index is 174. The second kappa shape index (κ2) is 1.98. The summed E-state index contributed by atoms with van der Waals surface area (Å²) in [5.41, 5.74) is 0.172. The average Bonchev–Trinajstić information content (AvgIpc) is 1.73. The van der Waals surface area contributed by atoms with Gasteiger partial charge in [-0.2, -0.15) is 0 Å². The molecule has 2 N–H and O–H groups in total. The molecule has 3 nitrogen and oxygen atoms in total. The lowest BCUT2D eigenvalue weighted by Crippen LogP contribution is -2.19. The minimum Gasteiger partial charge on any atom is -0.308 e.